The highest BCUT2D eigenvalue weighted by atomic mass is 16.6. The Hall–Kier alpha value is -2.78. The molecule has 0 aliphatic carbocycles. The third kappa shape index (κ3) is 6.50. The van der Waals surface area contributed by atoms with Crippen molar-refractivity contribution in [3.05, 3.63) is 82.2 Å². The molecule has 0 aromatic heterocycles. The van der Waals surface area contributed by atoms with Crippen molar-refractivity contribution in [1.29, 1.82) is 0 Å². The normalized spacial score (nSPS) is 28.3. The molecule has 4 atom stereocenters. The van der Waals surface area contributed by atoms with Crippen molar-refractivity contribution in [3.63, 3.8) is 0 Å². The number of benzene rings is 2. The van der Waals surface area contributed by atoms with Gasteiger partial charge in [-0.2, -0.15) is 0 Å². The number of quaternary nitrogens is 2. The Bertz CT molecular complexity index is 924. The van der Waals surface area contributed by atoms with E-state index in [1.165, 1.54) is 0 Å². The van der Waals surface area contributed by atoms with Gasteiger partial charge in [0.05, 0.1) is 13.1 Å². The molecule has 2 heterocycles. The van der Waals surface area contributed by atoms with E-state index in [-0.39, 0.29) is 24.9 Å². The van der Waals surface area contributed by atoms with E-state index >= 15 is 0 Å². The molecule has 4 rings (SSSR count). The third-order valence-electron chi connectivity index (χ3n) is 7.75. The topological polar surface area (TPSA) is 104 Å². The lowest BCUT2D eigenvalue weighted by molar-refractivity contribution is -0.955. The Labute approximate surface area is 213 Å². The van der Waals surface area contributed by atoms with Crippen LogP contribution in [0.3, 0.4) is 0 Å². The summed E-state index contributed by atoms with van der Waals surface area (Å²) in [5.41, 5.74) is 1.96. The number of amides is 2. The highest BCUT2D eigenvalue weighted by molar-refractivity contribution is 5.81. The summed E-state index contributed by atoms with van der Waals surface area (Å²) in [5, 5.41) is 33.7. The molecule has 2 N–H and O–H groups in total. The van der Waals surface area contributed by atoms with Gasteiger partial charge in [0.25, 0.3) is 11.8 Å². The Kier molecular flexibility index (Phi) is 8.74. The van der Waals surface area contributed by atoms with Crippen LogP contribution >= 0.6 is 0 Å². The third-order valence-corrected chi connectivity index (χ3v) is 7.75. The van der Waals surface area contributed by atoms with Crippen LogP contribution < -0.4 is 10.6 Å². The van der Waals surface area contributed by atoms with Gasteiger partial charge in [0, 0.05) is 25.9 Å². The van der Waals surface area contributed by atoms with E-state index in [4.69, 9.17) is 0 Å². The van der Waals surface area contributed by atoms with Gasteiger partial charge >= 0.3 is 0 Å². The number of likely N-dealkylation sites (tertiary alicyclic amines) is 2. The summed E-state index contributed by atoms with van der Waals surface area (Å²) in [6.45, 7) is 1.51. The quantitative estimate of drug-likeness (QED) is 0.412. The first kappa shape index (κ1) is 26.3. The van der Waals surface area contributed by atoms with Crippen LogP contribution in [-0.4, -0.2) is 59.4 Å². The highest BCUT2D eigenvalue weighted by Crippen LogP contribution is 2.29. The number of hydroxylamine groups is 6. The zero-order valence-electron chi connectivity index (χ0n) is 20.9. The molecule has 8 heteroatoms. The van der Waals surface area contributed by atoms with E-state index in [0.29, 0.717) is 39.0 Å². The molecular weight excluding hydrogens is 456 g/mol. The molecule has 2 aliphatic rings. The number of rotatable bonds is 9. The number of nitrogens with one attached hydrogen (secondary N) is 2. The minimum atomic E-state index is -0.718. The molecule has 0 saturated carbocycles. The SMILES string of the molecule is O=C(NCc1ccccc1)[C@@H]1CCCC[N+]1([O-])CC[N+]1([O-])CCCC[C@H]1C(=O)NCc1ccccc1. The van der Waals surface area contributed by atoms with Crippen LogP contribution in [0.5, 0.6) is 0 Å². The zero-order chi connectivity index (χ0) is 25.4. The first-order chi connectivity index (χ1) is 17.4. The fraction of sp³-hybridized carbons (Fsp3) is 0.500. The van der Waals surface area contributed by atoms with Gasteiger partial charge in [-0.15, -0.1) is 0 Å². The van der Waals surface area contributed by atoms with Gasteiger partial charge in [-0.25, -0.2) is 0 Å². The number of carbonyl (C=O) groups is 2. The lowest BCUT2D eigenvalue weighted by Crippen LogP contribution is -2.66. The van der Waals surface area contributed by atoms with Crippen molar-refractivity contribution in [3.8, 4) is 0 Å². The zero-order valence-corrected chi connectivity index (χ0v) is 20.9. The van der Waals surface area contributed by atoms with Gasteiger partial charge in [0.15, 0.2) is 12.1 Å². The van der Waals surface area contributed by atoms with E-state index in [9.17, 15) is 20.0 Å². The molecular formula is C28H38N4O4. The van der Waals surface area contributed by atoms with E-state index in [1.807, 2.05) is 60.7 Å². The molecule has 2 aromatic rings. The summed E-state index contributed by atoms with van der Waals surface area (Å²) in [5.74, 6) is -0.497. The van der Waals surface area contributed by atoms with Crippen molar-refractivity contribution in [1.82, 2.24) is 10.6 Å². The molecule has 8 nitrogen and oxygen atoms in total. The van der Waals surface area contributed by atoms with Gasteiger partial charge in [-0.1, -0.05) is 60.7 Å². The molecule has 0 bridgehead atoms. The lowest BCUT2D eigenvalue weighted by Gasteiger charge is -2.55. The Morgan fingerprint density at radius 1 is 0.667 bits per heavy atom. The molecule has 2 fully saturated rings. The first-order valence-electron chi connectivity index (χ1n) is 13.2. The second-order valence-electron chi connectivity index (χ2n) is 10.2. The van der Waals surface area contributed by atoms with Crippen molar-refractivity contribution in [2.75, 3.05) is 26.2 Å². The summed E-state index contributed by atoms with van der Waals surface area (Å²) in [4.78, 5) is 26.1. The molecule has 36 heavy (non-hydrogen) atoms. The summed E-state index contributed by atoms with van der Waals surface area (Å²) < 4.78 is -1.36. The predicted molar refractivity (Wildman–Crippen MR) is 139 cm³/mol. The smallest absolute Gasteiger partial charge is 0.278 e. The lowest BCUT2D eigenvalue weighted by atomic mass is 9.98. The number of hydrogen-bond donors (Lipinski definition) is 2. The highest BCUT2D eigenvalue weighted by Gasteiger charge is 2.42. The number of hydrogen-bond acceptors (Lipinski definition) is 4. The monoisotopic (exact) mass is 494 g/mol. The van der Waals surface area contributed by atoms with Crippen LogP contribution in [0.1, 0.15) is 49.7 Å². The Morgan fingerprint density at radius 2 is 1.06 bits per heavy atom. The summed E-state index contributed by atoms with van der Waals surface area (Å²) in [6, 6.07) is 17.8. The van der Waals surface area contributed by atoms with Crippen LogP contribution in [0.25, 0.3) is 0 Å². The van der Waals surface area contributed by atoms with Crippen LogP contribution in [-0.2, 0) is 22.7 Å². The molecule has 2 aromatic carbocycles. The molecule has 0 radical (unpaired) electrons. The van der Waals surface area contributed by atoms with E-state index < -0.39 is 21.4 Å². The average Bonchev–Trinajstić information content (AvgIpc) is 2.91. The van der Waals surface area contributed by atoms with E-state index in [2.05, 4.69) is 10.6 Å². The van der Waals surface area contributed by atoms with Gasteiger partial charge < -0.3 is 30.3 Å². The van der Waals surface area contributed by atoms with Crippen molar-refractivity contribution in [2.24, 2.45) is 0 Å². The van der Waals surface area contributed by atoms with Crippen LogP contribution in [0.4, 0.5) is 0 Å². The minimum absolute atomic E-state index is 0.0510. The molecule has 2 unspecified atom stereocenters. The first-order valence-corrected chi connectivity index (χ1v) is 13.2. The Balaban J connectivity index is 1.38. The minimum Gasteiger partial charge on any atom is -0.632 e. The van der Waals surface area contributed by atoms with Crippen LogP contribution in [0.15, 0.2) is 60.7 Å². The predicted octanol–water partition coefficient (Wildman–Crippen LogP) is 3.35. The van der Waals surface area contributed by atoms with Gasteiger partial charge in [-0.3, -0.25) is 9.59 Å². The van der Waals surface area contributed by atoms with Crippen molar-refractivity contribution in [2.45, 2.75) is 63.7 Å². The van der Waals surface area contributed by atoms with Crippen LogP contribution in [0.2, 0.25) is 0 Å². The number of nitrogens with zero attached hydrogens (tertiary/aromatic N) is 2. The molecule has 2 amide bonds. The second kappa shape index (κ2) is 12.0. The fourth-order valence-electron chi connectivity index (χ4n) is 5.59. The molecule has 2 saturated heterocycles. The Morgan fingerprint density at radius 3 is 1.44 bits per heavy atom. The number of piperidine rings is 2. The van der Waals surface area contributed by atoms with E-state index in [0.717, 1.165) is 36.8 Å². The molecule has 194 valence electrons. The fourth-order valence-corrected chi connectivity index (χ4v) is 5.59. The maximum Gasteiger partial charge on any atom is 0.278 e. The van der Waals surface area contributed by atoms with Crippen LogP contribution in [0, 0.1) is 10.4 Å². The number of carbonyl (C=O) groups excluding carboxylic acids is 2. The largest absolute Gasteiger partial charge is 0.632 e. The maximum atomic E-state index is 13.9. The average molecular weight is 495 g/mol. The summed E-state index contributed by atoms with van der Waals surface area (Å²) >= 11 is 0. The second-order valence-corrected chi connectivity index (χ2v) is 10.2. The molecule has 2 aliphatic heterocycles. The van der Waals surface area contributed by atoms with E-state index in [1.54, 1.807) is 0 Å². The maximum absolute atomic E-state index is 13.9. The molecule has 0 spiro atoms. The van der Waals surface area contributed by atoms with Crippen molar-refractivity contribution < 1.29 is 18.9 Å². The van der Waals surface area contributed by atoms with Gasteiger partial charge in [-0.05, 0) is 36.8 Å². The summed E-state index contributed by atoms with van der Waals surface area (Å²) in [6.07, 6.45) is 4.17. The summed E-state index contributed by atoms with van der Waals surface area (Å²) in [7, 11) is 0. The standard InChI is InChI=1S/C28H38N4O4/c33-27(29-21-23-11-3-1-4-12-23)25-15-7-9-17-31(25,35)19-20-32(36)18-10-8-16-26(32)28(34)30-22-24-13-5-2-6-14-24/h1-6,11-14,25-26H,7-10,15-22H2,(H,29,33)(H,30,34)/t25-,26-,31?,32?/m0/s1. The van der Waals surface area contributed by atoms with Gasteiger partial charge in [0.2, 0.25) is 0 Å². The van der Waals surface area contributed by atoms with Gasteiger partial charge in [0.1, 0.15) is 13.1 Å². The van der Waals surface area contributed by atoms with Crippen molar-refractivity contribution >= 4 is 11.8 Å².